The molecule has 0 radical (unpaired) electrons. The fourth-order valence-corrected chi connectivity index (χ4v) is 3.82. The summed E-state index contributed by atoms with van der Waals surface area (Å²) < 4.78 is 12.5. The number of carbonyl (C=O) groups excluding carboxylic acids is 1. The van der Waals surface area contributed by atoms with Crippen molar-refractivity contribution in [2.75, 3.05) is 0 Å². The highest BCUT2D eigenvalue weighted by Crippen LogP contribution is 2.51. The predicted octanol–water partition coefficient (Wildman–Crippen LogP) is 5.50. The molecule has 4 rings (SSSR count). The van der Waals surface area contributed by atoms with Crippen molar-refractivity contribution in [3.63, 3.8) is 0 Å². The van der Waals surface area contributed by atoms with Gasteiger partial charge in [-0.25, -0.2) is 0 Å². The Balaban J connectivity index is 1.87. The molecule has 0 amide bonds. The minimum Gasteiger partial charge on any atom is -0.508 e. The third-order valence-electron chi connectivity index (χ3n) is 5.42. The second-order valence-electron chi connectivity index (χ2n) is 8.62. The minimum atomic E-state index is -0.539. The highest BCUT2D eigenvalue weighted by molar-refractivity contribution is 6.05. The summed E-state index contributed by atoms with van der Waals surface area (Å²) in [5.41, 5.74) is 2.85. The van der Waals surface area contributed by atoms with Crippen molar-refractivity contribution in [3.8, 4) is 23.0 Å². The van der Waals surface area contributed by atoms with Crippen LogP contribution >= 0.6 is 0 Å². The molecular formula is C25H26O5. The number of phenols is 2. The first-order valence-electron chi connectivity index (χ1n) is 10.1. The Labute approximate surface area is 176 Å². The zero-order chi connectivity index (χ0) is 21.6. The zero-order valence-electron chi connectivity index (χ0n) is 17.7. The summed E-state index contributed by atoms with van der Waals surface area (Å²) in [4.78, 5) is 13.1. The number of phenolic OH excluding ortho intramolecular Hbond substituents is 2. The topological polar surface area (TPSA) is 76.0 Å². The van der Waals surface area contributed by atoms with Gasteiger partial charge in [0.05, 0.1) is 12.0 Å². The average molecular weight is 406 g/mol. The molecule has 0 unspecified atom stereocenters. The first kappa shape index (κ1) is 20.1. The van der Waals surface area contributed by atoms with Crippen molar-refractivity contribution in [2.24, 2.45) is 0 Å². The van der Waals surface area contributed by atoms with Crippen LogP contribution in [-0.2, 0) is 6.42 Å². The summed E-state index contributed by atoms with van der Waals surface area (Å²) in [6.45, 7) is 7.87. The lowest BCUT2D eigenvalue weighted by atomic mass is 9.88. The SMILES string of the molecule is CC(C)=CCc1c(O)c2c(c3c1OC(C)(C)C=C3)O[C@H](c1ccc(O)cc1)CC2=O. The quantitative estimate of drug-likeness (QED) is 0.659. The van der Waals surface area contributed by atoms with E-state index >= 15 is 0 Å². The molecule has 5 nitrogen and oxygen atoms in total. The number of allylic oxidation sites excluding steroid dienone is 2. The highest BCUT2D eigenvalue weighted by Gasteiger charge is 2.38. The molecule has 2 aliphatic heterocycles. The molecule has 2 aromatic rings. The molecule has 0 aliphatic carbocycles. The van der Waals surface area contributed by atoms with Crippen LogP contribution in [0.5, 0.6) is 23.0 Å². The second-order valence-corrected chi connectivity index (χ2v) is 8.62. The van der Waals surface area contributed by atoms with E-state index in [0.717, 1.165) is 11.1 Å². The molecule has 0 aromatic heterocycles. The van der Waals surface area contributed by atoms with Gasteiger partial charge in [-0.3, -0.25) is 4.79 Å². The predicted molar refractivity (Wildman–Crippen MR) is 115 cm³/mol. The van der Waals surface area contributed by atoms with Crippen LogP contribution < -0.4 is 9.47 Å². The molecule has 2 aromatic carbocycles. The largest absolute Gasteiger partial charge is 0.508 e. The Bertz CT molecular complexity index is 1070. The van der Waals surface area contributed by atoms with E-state index in [1.54, 1.807) is 24.3 Å². The molecule has 0 bridgehead atoms. The van der Waals surface area contributed by atoms with E-state index in [1.165, 1.54) is 0 Å². The number of ketones is 1. The smallest absolute Gasteiger partial charge is 0.174 e. The van der Waals surface area contributed by atoms with Crippen molar-refractivity contribution in [2.45, 2.75) is 52.2 Å². The molecule has 0 spiro atoms. The minimum absolute atomic E-state index is 0.0680. The lowest BCUT2D eigenvalue weighted by molar-refractivity contribution is 0.0840. The number of aromatic hydroxyl groups is 2. The highest BCUT2D eigenvalue weighted by atomic mass is 16.5. The maximum Gasteiger partial charge on any atom is 0.174 e. The van der Waals surface area contributed by atoms with Crippen LogP contribution in [0.4, 0.5) is 0 Å². The molecular weight excluding hydrogens is 380 g/mol. The number of rotatable bonds is 3. The van der Waals surface area contributed by atoms with Gasteiger partial charge in [-0.2, -0.15) is 0 Å². The molecule has 1 atom stereocenters. The van der Waals surface area contributed by atoms with E-state index in [-0.39, 0.29) is 29.3 Å². The first-order valence-corrected chi connectivity index (χ1v) is 10.1. The van der Waals surface area contributed by atoms with E-state index < -0.39 is 11.7 Å². The van der Waals surface area contributed by atoms with Gasteiger partial charge in [0.25, 0.3) is 0 Å². The molecule has 5 heteroatoms. The number of hydrogen-bond donors (Lipinski definition) is 2. The van der Waals surface area contributed by atoms with Crippen LogP contribution in [0.3, 0.4) is 0 Å². The van der Waals surface area contributed by atoms with E-state index in [4.69, 9.17) is 9.47 Å². The normalized spacial score (nSPS) is 18.7. The summed E-state index contributed by atoms with van der Waals surface area (Å²) in [5, 5.41) is 20.6. The van der Waals surface area contributed by atoms with Gasteiger partial charge in [-0.05, 0) is 64.0 Å². The van der Waals surface area contributed by atoms with Crippen LogP contribution in [0.15, 0.2) is 42.0 Å². The van der Waals surface area contributed by atoms with E-state index in [1.807, 2.05) is 45.9 Å². The summed E-state index contributed by atoms with van der Waals surface area (Å²) >= 11 is 0. The molecule has 0 saturated carbocycles. The Morgan fingerprint density at radius 1 is 1.17 bits per heavy atom. The molecule has 2 heterocycles. The van der Waals surface area contributed by atoms with Crippen molar-refractivity contribution in [3.05, 3.63) is 64.2 Å². The third-order valence-corrected chi connectivity index (χ3v) is 5.42. The molecule has 2 N–H and O–H groups in total. The van der Waals surface area contributed by atoms with Crippen molar-refractivity contribution < 1.29 is 24.5 Å². The average Bonchev–Trinajstić information content (AvgIpc) is 2.66. The fraction of sp³-hybridized carbons (Fsp3) is 0.320. The number of carbonyl (C=O) groups is 1. The van der Waals surface area contributed by atoms with Gasteiger partial charge in [0.2, 0.25) is 0 Å². The lowest BCUT2D eigenvalue weighted by Gasteiger charge is -2.34. The summed E-state index contributed by atoms with van der Waals surface area (Å²) in [6.07, 6.45) is 5.92. The number of hydrogen-bond acceptors (Lipinski definition) is 5. The summed E-state index contributed by atoms with van der Waals surface area (Å²) in [6, 6.07) is 6.62. The van der Waals surface area contributed by atoms with Gasteiger partial charge in [-0.15, -0.1) is 0 Å². The van der Waals surface area contributed by atoms with Crippen LogP contribution in [0.1, 0.15) is 67.3 Å². The van der Waals surface area contributed by atoms with Crippen molar-refractivity contribution in [1.82, 2.24) is 0 Å². The van der Waals surface area contributed by atoms with Crippen LogP contribution in [0.25, 0.3) is 6.08 Å². The number of Topliss-reactive ketones (excluding diaryl/α,β-unsaturated/α-hetero) is 1. The van der Waals surface area contributed by atoms with E-state index in [2.05, 4.69) is 0 Å². The second kappa shape index (κ2) is 7.24. The Hall–Kier alpha value is -3.21. The van der Waals surface area contributed by atoms with Crippen molar-refractivity contribution in [1.29, 1.82) is 0 Å². The number of benzene rings is 2. The molecule has 0 fully saturated rings. The zero-order valence-corrected chi connectivity index (χ0v) is 17.7. The first-order chi connectivity index (χ1) is 14.2. The number of fused-ring (bicyclic) bond motifs is 3. The standard InChI is InChI=1S/C25H26O5/c1-14(2)5-10-17-22(28)21-19(27)13-20(15-6-8-16(26)9-7-15)29-24(21)18-11-12-25(3,4)30-23(17)18/h5-9,11-12,20,26,28H,10,13H2,1-4H3/t20-/m0/s1. The van der Waals surface area contributed by atoms with Gasteiger partial charge < -0.3 is 19.7 Å². The Kier molecular flexibility index (Phi) is 4.85. The lowest BCUT2D eigenvalue weighted by Crippen LogP contribution is -2.30. The Morgan fingerprint density at radius 3 is 2.53 bits per heavy atom. The van der Waals surface area contributed by atoms with Crippen LogP contribution in [0.2, 0.25) is 0 Å². The maximum absolute atomic E-state index is 13.1. The van der Waals surface area contributed by atoms with Gasteiger partial charge in [0, 0.05) is 5.56 Å². The van der Waals surface area contributed by atoms with E-state index in [9.17, 15) is 15.0 Å². The summed E-state index contributed by atoms with van der Waals surface area (Å²) in [5.74, 6) is 0.812. The molecule has 0 saturated heterocycles. The fourth-order valence-electron chi connectivity index (χ4n) is 3.82. The molecule has 156 valence electrons. The maximum atomic E-state index is 13.1. The van der Waals surface area contributed by atoms with E-state index in [0.29, 0.717) is 29.0 Å². The molecule has 30 heavy (non-hydrogen) atoms. The Morgan fingerprint density at radius 2 is 1.87 bits per heavy atom. The van der Waals surface area contributed by atoms with Gasteiger partial charge in [-0.1, -0.05) is 23.8 Å². The monoisotopic (exact) mass is 406 g/mol. The van der Waals surface area contributed by atoms with Gasteiger partial charge in [0.15, 0.2) is 5.78 Å². The van der Waals surface area contributed by atoms with Crippen LogP contribution in [0, 0.1) is 0 Å². The van der Waals surface area contributed by atoms with Gasteiger partial charge >= 0.3 is 0 Å². The van der Waals surface area contributed by atoms with Crippen molar-refractivity contribution >= 4 is 11.9 Å². The molecule has 2 aliphatic rings. The third kappa shape index (κ3) is 3.56. The summed E-state index contributed by atoms with van der Waals surface area (Å²) in [7, 11) is 0. The van der Waals surface area contributed by atoms with Crippen LogP contribution in [-0.4, -0.2) is 21.6 Å². The van der Waals surface area contributed by atoms with Gasteiger partial charge in [0.1, 0.15) is 40.3 Å². The number of ether oxygens (including phenoxy) is 2.